The van der Waals surface area contributed by atoms with Gasteiger partial charge in [-0.15, -0.1) is 0 Å². The predicted octanol–water partition coefficient (Wildman–Crippen LogP) is 5.49. The monoisotopic (exact) mass is 456 g/mol. The number of furan rings is 1. The molecule has 1 saturated heterocycles. The zero-order chi connectivity index (χ0) is 23.2. The molecular weight excluding hydrogens is 436 g/mol. The van der Waals surface area contributed by atoms with Crippen molar-refractivity contribution in [2.24, 2.45) is 0 Å². The van der Waals surface area contributed by atoms with Crippen molar-refractivity contribution in [1.29, 1.82) is 0 Å². The van der Waals surface area contributed by atoms with Crippen molar-refractivity contribution in [3.05, 3.63) is 81.0 Å². The van der Waals surface area contributed by atoms with Crippen LogP contribution in [0.15, 0.2) is 74.3 Å². The first-order valence-corrected chi connectivity index (χ1v) is 11.1. The highest BCUT2D eigenvalue weighted by atomic mass is 16.6. The Hall–Kier alpha value is -4.17. The minimum Gasteiger partial charge on any atom is -0.455 e. The van der Waals surface area contributed by atoms with E-state index >= 15 is 0 Å². The van der Waals surface area contributed by atoms with Crippen molar-refractivity contribution >= 4 is 44.5 Å². The van der Waals surface area contributed by atoms with Crippen LogP contribution in [0.1, 0.15) is 6.42 Å². The molecular formula is C26H20N2O6. The average Bonchev–Trinajstić information content (AvgIpc) is 3.02. The molecule has 1 aliphatic heterocycles. The van der Waals surface area contributed by atoms with Crippen LogP contribution in [0.25, 0.3) is 44.0 Å². The first-order chi connectivity index (χ1) is 16.6. The van der Waals surface area contributed by atoms with Crippen molar-refractivity contribution in [3.63, 3.8) is 0 Å². The van der Waals surface area contributed by atoms with Gasteiger partial charge in [-0.3, -0.25) is 14.9 Å². The van der Waals surface area contributed by atoms with Crippen LogP contribution < -0.4 is 10.3 Å². The number of nitrogens with zero attached hydrogens (tertiary/aromatic N) is 2. The molecule has 0 atom stereocenters. The van der Waals surface area contributed by atoms with Gasteiger partial charge in [-0.25, -0.2) is 0 Å². The van der Waals surface area contributed by atoms with Gasteiger partial charge in [-0.2, -0.15) is 0 Å². The summed E-state index contributed by atoms with van der Waals surface area (Å²) in [5.41, 5.74) is 2.45. The molecule has 0 spiro atoms. The summed E-state index contributed by atoms with van der Waals surface area (Å²) in [5, 5.41) is 13.3. The molecule has 170 valence electrons. The third-order valence-electron chi connectivity index (χ3n) is 6.27. The highest BCUT2D eigenvalue weighted by molar-refractivity contribution is 6.15. The molecule has 34 heavy (non-hydrogen) atoms. The first kappa shape index (κ1) is 20.4. The van der Waals surface area contributed by atoms with E-state index < -0.39 is 4.92 Å². The molecule has 0 aliphatic carbocycles. The standard InChI is InChI=1S/C26H20N2O6/c29-21-15-23(27-11-4-13-32-14-12-27)34-25-16(6-3-7-18(21)25)17-9-10-20(28(30)31)24-19-5-1-2-8-22(19)33-26(17)24/h1-3,5-10,15H,4,11-14H2. The van der Waals surface area contributed by atoms with Crippen LogP contribution in [0.3, 0.4) is 0 Å². The smallest absolute Gasteiger partial charge is 0.281 e. The van der Waals surface area contributed by atoms with Crippen LogP contribution in [-0.4, -0.2) is 31.2 Å². The lowest BCUT2D eigenvalue weighted by molar-refractivity contribution is -0.383. The highest BCUT2D eigenvalue weighted by Gasteiger charge is 2.24. The Balaban J connectivity index is 1.64. The normalized spacial score (nSPS) is 14.6. The van der Waals surface area contributed by atoms with Gasteiger partial charge in [0.2, 0.25) is 0 Å². The van der Waals surface area contributed by atoms with Crippen LogP contribution in [0.5, 0.6) is 0 Å². The van der Waals surface area contributed by atoms with Gasteiger partial charge in [0.25, 0.3) is 5.69 Å². The number of non-ortho nitro benzene ring substituents is 1. The number of para-hydroxylation sites is 2. The number of benzene rings is 3. The summed E-state index contributed by atoms with van der Waals surface area (Å²) in [6.45, 7) is 2.58. The average molecular weight is 456 g/mol. The van der Waals surface area contributed by atoms with E-state index in [2.05, 4.69) is 0 Å². The number of ether oxygens (including phenoxy) is 1. The van der Waals surface area contributed by atoms with E-state index in [1.807, 2.05) is 23.1 Å². The van der Waals surface area contributed by atoms with E-state index in [0.29, 0.717) is 69.7 Å². The maximum atomic E-state index is 13.0. The molecule has 0 amide bonds. The van der Waals surface area contributed by atoms with Crippen LogP contribution in [0, 0.1) is 10.1 Å². The second-order valence-electron chi connectivity index (χ2n) is 8.28. The Morgan fingerprint density at radius 2 is 1.68 bits per heavy atom. The number of anilines is 1. The number of hydrogen-bond acceptors (Lipinski definition) is 7. The second kappa shape index (κ2) is 8.00. The van der Waals surface area contributed by atoms with E-state index in [0.717, 1.165) is 13.0 Å². The number of nitro benzene ring substituents is 1. The maximum absolute atomic E-state index is 13.0. The quantitative estimate of drug-likeness (QED) is 0.261. The zero-order valence-electron chi connectivity index (χ0n) is 18.2. The summed E-state index contributed by atoms with van der Waals surface area (Å²) in [6, 6.07) is 17.2. The summed E-state index contributed by atoms with van der Waals surface area (Å²) in [5.74, 6) is 0.484. The molecule has 0 radical (unpaired) electrons. The highest BCUT2D eigenvalue weighted by Crippen LogP contribution is 2.42. The molecule has 3 heterocycles. The maximum Gasteiger partial charge on any atom is 0.281 e. The zero-order valence-corrected chi connectivity index (χ0v) is 18.2. The van der Waals surface area contributed by atoms with Gasteiger partial charge in [0.15, 0.2) is 11.3 Å². The molecule has 0 bridgehead atoms. The lowest BCUT2D eigenvalue weighted by Crippen LogP contribution is -2.26. The van der Waals surface area contributed by atoms with Crippen molar-refractivity contribution in [3.8, 4) is 11.1 Å². The number of fused-ring (bicyclic) bond motifs is 4. The Kier molecular flexibility index (Phi) is 4.81. The lowest BCUT2D eigenvalue weighted by Gasteiger charge is -2.20. The Bertz CT molecular complexity index is 1630. The molecule has 0 saturated carbocycles. The molecule has 2 aromatic heterocycles. The summed E-state index contributed by atoms with van der Waals surface area (Å²) in [7, 11) is 0. The van der Waals surface area contributed by atoms with E-state index in [4.69, 9.17) is 13.6 Å². The molecule has 1 fully saturated rings. The summed E-state index contributed by atoms with van der Waals surface area (Å²) in [4.78, 5) is 26.4. The molecule has 1 aliphatic rings. The fourth-order valence-electron chi connectivity index (χ4n) is 4.67. The molecule has 0 unspecified atom stereocenters. The van der Waals surface area contributed by atoms with Gasteiger partial charge in [0.05, 0.1) is 16.9 Å². The third-order valence-corrected chi connectivity index (χ3v) is 6.27. The van der Waals surface area contributed by atoms with Crippen molar-refractivity contribution < 1.29 is 18.5 Å². The molecule has 3 aromatic carbocycles. The largest absolute Gasteiger partial charge is 0.455 e. The van der Waals surface area contributed by atoms with Crippen molar-refractivity contribution in [1.82, 2.24) is 0 Å². The SMILES string of the molecule is O=c1cc(N2CCCOCC2)oc2c(-c3ccc([N+](=O)[O-])c4c3oc3ccccc34)cccc12. The minimum absolute atomic E-state index is 0.0318. The number of hydrogen-bond donors (Lipinski definition) is 0. The van der Waals surface area contributed by atoms with Crippen LogP contribution >= 0.6 is 0 Å². The van der Waals surface area contributed by atoms with E-state index in [9.17, 15) is 14.9 Å². The van der Waals surface area contributed by atoms with Gasteiger partial charge >= 0.3 is 0 Å². The topological polar surface area (TPSA) is 99.0 Å². The molecule has 6 rings (SSSR count). The Morgan fingerprint density at radius 1 is 0.853 bits per heavy atom. The van der Waals surface area contributed by atoms with Crippen molar-refractivity contribution in [2.75, 3.05) is 31.2 Å². The minimum atomic E-state index is -0.406. The van der Waals surface area contributed by atoms with Gasteiger partial charge < -0.3 is 18.5 Å². The Labute approximate surface area is 193 Å². The summed E-state index contributed by atoms with van der Waals surface area (Å²) in [6.07, 6.45) is 0.839. The summed E-state index contributed by atoms with van der Waals surface area (Å²) >= 11 is 0. The van der Waals surface area contributed by atoms with Gasteiger partial charge in [-0.05, 0) is 24.6 Å². The van der Waals surface area contributed by atoms with Crippen molar-refractivity contribution in [2.45, 2.75) is 6.42 Å². The molecule has 8 heteroatoms. The van der Waals surface area contributed by atoms with E-state index in [-0.39, 0.29) is 11.1 Å². The summed E-state index contributed by atoms with van der Waals surface area (Å²) < 4.78 is 18.0. The first-order valence-electron chi connectivity index (χ1n) is 11.1. The van der Waals surface area contributed by atoms with Crippen LogP contribution in [0.4, 0.5) is 11.6 Å². The lowest BCUT2D eigenvalue weighted by atomic mass is 9.99. The van der Waals surface area contributed by atoms with Crippen LogP contribution in [-0.2, 0) is 4.74 Å². The van der Waals surface area contributed by atoms with Gasteiger partial charge in [0, 0.05) is 48.3 Å². The third kappa shape index (κ3) is 3.22. The predicted molar refractivity (Wildman–Crippen MR) is 130 cm³/mol. The van der Waals surface area contributed by atoms with E-state index in [1.54, 1.807) is 30.3 Å². The van der Waals surface area contributed by atoms with Crippen LogP contribution in [0.2, 0.25) is 0 Å². The second-order valence-corrected chi connectivity index (χ2v) is 8.28. The number of rotatable bonds is 3. The molecule has 5 aromatic rings. The molecule has 8 nitrogen and oxygen atoms in total. The molecule has 0 N–H and O–H groups in total. The van der Waals surface area contributed by atoms with E-state index in [1.165, 1.54) is 12.1 Å². The Morgan fingerprint density at radius 3 is 2.56 bits per heavy atom. The van der Waals surface area contributed by atoms with Gasteiger partial charge in [0.1, 0.15) is 22.1 Å². The fourth-order valence-corrected chi connectivity index (χ4v) is 4.67. The fraction of sp³-hybridized carbons (Fsp3) is 0.192. The van der Waals surface area contributed by atoms with Gasteiger partial charge in [-0.1, -0.05) is 30.3 Å². The number of nitro groups is 1.